The number of rotatable bonds is 3. The van der Waals surface area contributed by atoms with E-state index in [0.717, 1.165) is 37.4 Å². The van der Waals surface area contributed by atoms with Crippen LogP contribution in [0.3, 0.4) is 0 Å². The zero-order chi connectivity index (χ0) is 14.8. The smallest absolute Gasteiger partial charge is 0.309 e. The van der Waals surface area contributed by atoms with E-state index in [1.807, 2.05) is 25.1 Å². The Morgan fingerprint density at radius 2 is 2.19 bits per heavy atom. The molecule has 112 valence electrons. The van der Waals surface area contributed by atoms with E-state index in [2.05, 4.69) is 15.0 Å². The summed E-state index contributed by atoms with van der Waals surface area (Å²) in [4.78, 5) is 18.1. The summed E-state index contributed by atoms with van der Waals surface area (Å²) in [6.07, 6.45) is 1.58. The van der Waals surface area contributed by atoms with Crippen molar-refractivity contribution in [1.29, 1.82) is 0 Å². The van der Waals surface area contributed by atoms with Gasteiger partial charge in [0.1, 0.15) is 5.82 Å². The Balaban J connectivity index is 1.75. The molecule has 0 unspecified atom stereocenters. The molecule has 7 nitrogen and oxygen atoms in total. The van der Waals surface area contributed by atoms with Crippen LogP contribution in [-0.2, 0) is 9.53 Å². The molecule has 21 heavy (non-hydrogen) atoms. The van der Waals surface area contributed by atoms with E-state index in [4.69, 9.17) is 10.5 Å². The largest absolute Gasteiger partial charge is 0.466 e. The molecule has 1 aliphatic rings. The van der Waals surface area contributed by atoms with Gasteiger partial charge in [-0.25, -0.2) is 0 Å². The van der Waals surface area contributed by atoms with Gasteiger partial charge in [-0.2, -0.15) is 9.50 Å². The van der Waals surface area contributed by atoms with Crippen molar-refractivity contribution in [3.63, 3.8) is 0 Å². The first kappa shape index (κ1) is 13.7. The summed E-state index contributed by atoms with van der Waals surface area (Å²) in [7, 11) is 0. The molecule has 0 spiro atoms. The SMILES string of the molecule is CCOC(=O)C1CCN(c2cccc3nc(N)nn23)CC1. The average Bonchev–Trinajstić information content (AvgIpc) is 2.87. The van der Waals surface area contributed by atoms with Gasteiger partial charge >= 0.3 is 5.97 Å². The van der Waals surface area contributed by atoms with Crippen LogP contribution in [0.1, 0.15) is 19.8 Å². The van der Waals surface area contributed by atoms with Crippen molar-refractivity contribution < 1.29 is 9.53 Å². The summed E-state index contributed by atoms with van der Waals surface area (Å²) >= 11 is 0. The lowest BCUT2D eigenvalue weighted by atomic mass is 9.97. The molecule has 1 saturated heterocycles. The second-order valence-corrected chi connectivity index (χ2v) is 5.14. The number of nitrogen functional groups attached to an aromatic ring is 1. The number of hydrogen-bond acceptors (Lipinski definition) is 6. The predicted molar refractivity (Wildman–Crippen MR) is 79.0 cm³/mol. The van der Waals surface area contributed by atoms with Crippen LogP contribution >= 0.6 is 0 Å². The minimum Gasteiger partial charge on any atom is -0.466 e. The summed E-state index contributed by atoms with van der Waals surface area (Å²) in [5.74, 6) is 1.14. The molecule has 3 rings (SSSR count). The molecule has 7 heteroatoms. The zero-order valence-corrected chi connectivity index (χ0v) is 12.0. The molecule has 3 heterocycles. The van der Waals surface area contributed by atoms with Gasteiger partial charge < -0.3 is 15.4 Å². The molecule has 0 aromatic carbocycles. The fraction of sp³-hybridized carbons (Fsp3) is 0.500. The van der Waals surface area contributed by atoms with Crippen LogP contribution in [0.25, 0.3) is 5.65 Å². The summed E-state index contributed by atoms with van der Waals surface area (Å²) < 4.78 is 6.84. The molecule has 2 aromatic heterocycles. The molecule has 0 amide bonds. The molecule has 0 bridgehead atoms. The third-order valence-corrected chi connectivity index (χ3v) is 3.80. The first-order valence-electron chi connectivity index (χ1n) is 7.22. The molecule has 2 N–H and O–H groups in total. The Kier molecular flexibility index (Phi) is 3.64. The molecule has 1 fully saturated rings. The van der Waals surface area contributed by atoms with Gasteiger partial charge in [0.05, 0.1) is 12.5 Å². The lowest BCUT2D eigenvalue weighted by molar-refractivity contribution is -0.148. The minimum atomic E-state index is -0.0830. The highest BCUT2D eigenvalue weighted by Crippen LogP contribution is 2.24. The summed E-state index contributed by atoms with van der Waals surface area (Å²) in [5.41, 5.74) is 6.40. The van der Waals surface area contributed by atoms with E-state index in [9.17, 15) is 4.79 Å². The number of carbonyl (C=O) groups excluding carboxylic acids is 1. The second kappa shape index (κ2) is 5.59. The predicted octanol–water partition coefficient (Wildman–Crippen LogP) is 1.09. The van der Waals surface area contributed by atoms with Crippen molar-refractivity contribution in [2.24, 2.45) is 5.92 Å². The van der Waals surface area contributed by atoms with Crippen molar-refractivity contribution in [3.8, 4) is 0 Å². The van der Waals surface area contributed by atoms with Gasteiger partial charge in [0.25, 0.3) is 0 Å². The fourth-order valence-electron chi connectivity index (χ4n) is 2.75. The Morgan fingerprint density at radius 3 is 2.90 bits per heavy atom. The monoisotopic (exact) mass is 289 g/mol. The van der Waals surface area contributed by atoms with Gasteiger partial charge in [0.15, 0.2) is 5.65 Å². The third-order valence-electron chi connectivity index (χ3n) is 3.80. The molecular weight excluding hydrogens is 270 g/mol. The quantitative estimate of drug-likeness (QED) is 0.851. The van der Waals surface area contributed by atoms with Crippen molar-refractivity contribution >= 4 is 23.4 Å². The number of nitrogens with two attached hydrogens (primary N) is 1. The highest BCUT2D eigenvalue weighted by molar-refractivity contribution is 5.72. The van der Waals surface area contributed by atoms with Crippen LogP contribution in [-0.4, -0.2) is 40.3 Å². The van der Waals surface area contributed by atoms with Crippen LogP contribution in [0.2, 0.25) is 0 Å². The number of nitrogens with zero attached hydrogens (tertiary/aromatic N) is 4. The Morgan fingerprint density at radius 1 is 1.43 bits per heavy atom. The maximum atomic E-state index is 11.8. The molecule has 1 aliphatic heterocycles. The van der Waals surface area contributed by atoms with Crippen molar-refractivity contribution in [2.75, 3.05) is 30.3 Å². The van der Waals surface area contributed by atoms with Crippen LogP contribution in [0.15, 0.2) is 18.2 Å². The van der Waals surface area contributed by atoms with E-state index in [1.54, 1.807) is 4.52 Å². The van der Waals surface area contributed by atoms with E-state index < -0.39 is 0 Å². The number of fused-ring (bicyclic) bond motifs is 1. The first-order chi connectivity index (χ1) is 10.2. The van der Waals surface area contributed by atoms with Gasteiger partial charge in [-0.1, -0.05) is 6.07 Å². The highest BCUT2D eigenvalue weighted by atomic mass is 16.5. The molecular formula is C14H19N5O2. The molecule has 0 aliphatic carbocycles. The Hall–Kier alpha value is -2.31. The first-order valence-corrected chi connectivity index (χ1v) is 7.22. The van der Waals surface area contributed by atoms with Gasteiger partial charge in [0, 0.05) is 13.1 Å². The summed E-state index contributed by atoms with van der Waals surface area (Å²) in [5, 5.41) is 4.22. The highest BCUT2D eigenvalue weighted by Gasteiger charge is 2.27. The van der Waals surface area contributed by atoms with Crippen molar-refractivity contribution in [1.82, 2.24) is 14.6 Å². The molecule has 0 atom stereocenters. The third kappa shape index (κ3) is 2.63. The summed E-state index contributed by atoms with van der Waals surface area (Å²) in [6, 6.07) is 5.81. The number of pyridine rings is 1. The maximum Gasteiger partial charge on any atom is 0.309 e. The van der Waals surface area contributed by atoms with Crippen LogP contribution in [0.4, 0.5) is 11.8 Å². The zero-order valence-electron chi connectivity index (χ0n) is 12.0. The average molecular weight is 289 g/mol. The van der Waals surface area contributed by atoms with Gasteiger partial charge in [0.2, 0.25) is 5.95 Å². The number of piperidine rings is 1. The number of hydrogen-bond donors (Lipinski definition) is 1. The van der Waals surface area contributed by atoms with Gasteiger partial charge in [-0.15, -0.1) is 5.10 Å². The van der Waals surface area contributed by atoms with Gasteiger partial charge in [-0.05, 0) is 31.9 Å². The van der Waals surface area contributed by atoms with Crippen LogP contribution < -0.4 is 10.6 Å². The maximum absolute atomic E-state index is 11.8. The van der Waals surface area contributed by atoms with Crippen LogP contribution in [0.5, 0.6) is 0 Å². The topological polar surface area (TPSA) is 85.8 Å². The van der Waals surface area contributed by atoms with Crippen LogP contribution in [0, 0.1) is 5.92 Å². The van der Waals surface area contributed by atoms with E-state index in [0.29, 0.717) is 6.61 Å². The summed E-state index contributed by atoms with van der Waals surface area (Å²) in [6.45, 7) is 3.87. The van der Waals surface area contributed by atoms with Gasteiger partial charge in [-0.3, -0.25) is 4.79 Å². The number of aromatic nitrogens is 3. The molecule has 0 radical (unpaired) electrons. The fourth-order valence-corrected chi connectivity index (χ4v) is 2.75. The lowest BCUT2D eigenvalue weighted by Gasteiger charge is -2.32. The Bertz CT molecular complexity index is 646. The van der Waals surface area contributed by atoms with Crippen molar-refractivity contribution in [3.05, 3.63) is 18.2 Å². The lowest BCUT2D eigenvalue weighted by Crippen LogP contribution is -2.37. The number of ether oxygens (including phenoxy) is 1. The van der Waals surface area contributed by atoms with E-state index in [-0.39, 0.29) is 17.8 Å². The standard InChI is InChI=1S/C14H19N5O2/c1-2-21-13(20)10-6-8-18(9-7-10)12-5-3-4-11-16-14(15)17-19(11)12/h3-5,10H,2,6-9H2,1H3,(H2,15,17). The van der Waals surface area contributed by atoms with E-state index in [1.165, 1.54) is 0 Å². The van der Waals surface area contributed by atoms with E-state index >= 15 is 0 Å². The molecule has 2 aromatic rings. The number of carbonyl (C=O) groups is 1. The number of anilines is 2. The number of esters is 1. The van der Waals surface area contributed by atoms with Crippen molar-refractivity contribution in [2.45, 2.75) is 19.8 Å². The minimum absolute atomic E-state index is 0.00113. The normalized spacial score (nSPS) is 16.3. The Labute approximate surface area is 122 Å². The molecule has 0 saturated carbocycles. The second-order valence-electron chi connectivity index (χ2n) is 5.14.